The molecule has 0 spiro atoms. The molecule has 0 aromatic heterocycles. The molecule has 1 saturated carbocycles. The summed E-state index contributed by atoms with van der Waals surface area (Å²) in [4.78, 5) is 0. The Morgan fingerprint density at radius 1 is 1.10 bits per heavy atom. The molecule has 2 aliphatic carbocycles. The second-order valence-corrected chi connectivity index (χ2v) is 6.37. The van der Waals surface area contributed by atoms with E-state index in [1.807, 2.05) is 6.07 Å². The lowest BCUT2D eigenvalue weighted by Crippen LogP contribution is -2.33. The molecule has 1 aromatic carbocycles. The molecule has 0 saturated heterocycles. The summed E-state index contributed by atoms with van der Waals surface area (Å²) < 4.78 is 0. The maximum atomic E-state index is 9.53. The van der Waals surface area contributed by atoms with E-state index in [1.165, 1.54) is 36.8 Å². The molecule has 3 rings (SSSR count). The molecule has 0 bridgehead atoms. The summed E-state index contributed by atoms with van der Waals surface area (Å²) in [6.45, 7) is 1.34. The smallest absolute Gasteiger partial charge is 0.115 e. The Morgan fingerprint density at radius 3 is 2.70 bits per heavy atom. The van der Waals surface area contributed by atoms with Crippen LogP contribution in [0, 0.1) is 11.8 Å². The average Bonchev–Trinajstić information content (AvgIpc) is 2.87. The van der Waals surface area contributed by atoms with E-state index in [4.69, 9.17) is 0 Å². The molecule has 0 heterocycles. The van der Waals surface area contributed by atoms with Gasteiger partial charge in [-0.2, -0.15) is 0 Å². The lowest BCUT2D eigenvalue weighted by Gasteiger charge is -2.31. The molecule has 3 nitrogen and oxygen atoms in total. The Kier molecular flexibility index (Phi) is 4.27. The van der Waals surface area contributed by atoms with Crippen molar-refractivity contribution in [1.29, 1.82) is 0 Å². The highest BCUT2D eigenvalue weighted by atomic mass is 16.3. The number of aryl methyl sites for hydroxylation is 1. The fraction of sp³-hybridized carbons (Fsp3) is 0.647. The standard InChI is InChI=1S/C17H25NO2/c19-11-14-4-2-1-3-13(14)10-18-17-8-5-12-9-15(20)6-7-16(12)17/h6-7,9,13-14,17-20H,1-5,8,10-11H2. The van der Waals surface area contributed by atoms with Gasteiger partial charge in [-0.3, -0.25) is 0 Å². The number of phenolic OH excluding ortho intramolecular Hbond substituents is 1. The summed E-state index contributed by atoms with van der Waals surface area (Å²) in [5.41, 5.74) is 2.63. The highest BCUT2D eigenvalue weighted by Crippen LogP contribution is 2.34. The first-order chi connectivity index (χ1) is 9.78. The van der Waals surface area contributed by atoms with Crippen molar-refractivity contribution < 1.29 is 10.2 Å². The van der Waals surface area contributed by atoms with E-state index in [0.717, 1.165) is 19.4 Å². The molecule has 3 unspecified atom stereocenters. The minimum atomic E-state index is 0.335. The van der Waals surface area contributed by atoms with Crippen LogP contribution in [0.3, 0.4) is 0 Å². The van der Waals surface area contributed by atoms with Gasteiger partial charge in [-0.15, -0.1) is 0 Å². The van der Waals surface area contributed by atoms with Crippen molar-refractivity contribution in [3.63, 3.8) is 0 Å². The number of benzene rings is 1. The zero-order chi connectivity index (χ0) is 13.9. The van der Waals surface area contributed by atoms with Gasteiger partial charge in [-0.05, 0) is 67.3 Å². The van der Waals surface area contributed by atoms with E-state index in [2.05, 4.69) is 11.4 Å². The molecule has 3 N–H and O–H groups in total. The molecule has 3 heteroatoms. The van der Waals surface area contributed by atoms with Crippen LogP contribution in [0.5, 0.6) is 5.75 Å². The first kappa shape index (κ1) is 13.9. The van der Waals surface area contributed by atoms with E-state index >= 15 is 0 Å². The van der Waals surface area contributed by atoms with E-state index in [0.29, 0.717) is 30.2 Å². The van der Waals surface area contributed by atoms with Gasteiger partial charge in [0, 0.05) is 12.6 Å². The fourth-order valence-electron chi connectivity index (χ4n) is 3.90. The third kappa shape index (κ3) is 2.84. The first-order valence-electron chi connectivity index (χ1n) is 7.94. The van der Waals surface area contributed by atoms with Crippen molar-refractivity contribution in [3.05, 3.63) is 29.3 Å². The van der Waals surface area contributed by atoms with E-state index < -0.39 is 0 Å². The number of aliphatic hydroxyl groups excluding tert-OH is 1. The maximum Gasteiger partial charge on any atom is 0.115 e. The minimum Gasteiger partial charge on any atom is -0.508 e. The van der Waals surface area contributed by atoms with Crippen molar-refractivity contribution in [2.75, 3.05) is 13.2 Å². The van der Waals surface area contributed by atoms with Gasteiger partial charge >= 0.3 is 0 Å². The van der Waals surface area contributed by atoms with E-state index in [1.54, 1.807) is 6.07 Å². The topological polar surface area (TPSA) is 52.5 Å². The molecule has 1 aromatic rings. The van der Waals surface area contributed by atoms with Crippen molar-refractivity contribution in [3.8, 4) is 5.75 Å². The number of fused-ring (bicyclic) bond motifs is 1. The predicted molar refractivity (Wildman–Crippen MR) is 79.7 cm³/mol. The van der Waals surface area contributed by atoms with Crippen LogP contribution < -0.4 is 5.32 Å². The second-order valence-electron chi connectivity index (χ2n) is 6.37. The summed E-state index contributed by atoms with van der Waals surface area (Å²) in [5, 5.41) is 22.7. The zero-order valence-electron chi connectivity index (χ0n) is 12.0. The van der Waals surface area contributed by atoms with Crippen LogP contribution in [0.25, 0.3) is 0 Å². The van der Waals surface area contributed by atoms with E-state index in [9.17, 15) is 10.2 Å². The number of rotatable bonds is 4. The highest BCUT2D eigenvalue weighted by molar-refractivity contribution is 5.40. The zero-order valence-corrected chi connectivity index (χ0v) is 12.0. The number of aromatic hydroxyl groups is 1. The third-order valence-corrected chi connectivity index (χ3v) is 5.13. The molecule has 0 aliphatic heterocycles. The van der Waals surface area contributed by atoms with Gasteiger partial charge in [0.05, 0.1) is 0 Å². The Bertz CT molecular complexity index is 460. The Balaban J connectivity index is 1.60. The van der Waals surface area contributed by atoms with Gasteiger partial charge in [0.1, 0.15) is 5.75 Å². The van der Waals surface area contributed by atoms with Crippen molar-refractivity contribution in [1.82, 2.24) is 5.32 Å². The van der Waals surface area contributed by atoms with Crippen LogP contribution in [-0.2, 0) is 6.42 Å². The van der Waals surface area contributed by atoms with E-state index in [-0.39, 0.29) is 0 Å². The summed E-state index contributed by atoms with van der Waals surface area (Å²) in [5.74, 6) is 1.48. The first-order valence-corrected chi connectivity index (χ1v) is 7.94. The largest absolute Gasteiger partial charge is 0.508 e. The van der Waals surface area contributed by atoms with Gasteiger partial charge in [-0.25, -0.2) is 0 Å². The van der Waals surface area contributed by atoms with Gasteiger partial charge in [0.25, 0.3) is 0 Å². The number of phenols is 1. The molecular weight excluding hydrogens is 250 g/mol. The molecular formula is C17H25NO2. The third-order valence-electron chi connectivity index (χ3n) is 5.13. The molecule has 1 fully saturated rings. The molecule has 3 atom stereocenters. The van der Waals surface area contributed by atoms with Crippen molar-refractivity contribution in [2.45, 2.75) is 44.6 Å². The summed E-state index contributed by atoms with van der Waals surface area (Å²) >= 11 is 0. The van der Waals surface area contributed by atoms with Gasteiger partial charge in [-0.1, -0.05) is 18.9 Å². The lowest BCUT2D eigenvalue weighted by molar-refractivity contribution is 0.131. The summed E-state index contributed by atoms with van der Waals surface area (Å²) in [6, 6.07) is 6.16. The van der Waals surface area contributed by atoms with Gasteiger partial charge < -0.3 is 15.5 Å². The van der Waals surface area contributed by atoms with Crippen LogP contribution >= 0.6 is 0 Å². The van der Waals surface area contributed by atoms with Crippen LogP contribution in [0.2, 0.25) is 0 Å². The maximum absolute atomic E-state index is 9.53. The Morgan fingerprint density at radius 2 is 1.90 bits per heavy atom. The van der Waals surface area contributed by atoms with Crippen LogP contribution in [-0.4, -0.2) is 23.4 Å². The van der Waals surface area contributed by atoms with Gasteiger partial charge in [0.15, 0.2) is 0 Å². The normalized spacial score (nSPS) is 29.4. The molecule has 0 radical (unpaired) electrons. The average molecular weight is 275 g/mol. The number of hydrogen-bond acceptors (Lipinski definition) is 3. The second kappa shape index (κ2) is 6.15. The highest BCUT2D eigenvalue weighted by Gasteiger charge is 2.27. The molecule has 2 aliphatic rings. The Hall–Kier alpha value is -1.06. The van der Waals surface area contributed by atoms with Crippen molar-refractivity contribution >= 4 is 0 Å². The number of aliphatic hydroxyl groups is 1. The number of hydrogen-bond donors (Lipinski definition) is 3. The SMILES string of the molecule is OCC1CCCCC1CNC1CCc2cc(O)ccc21. The molecule has 0 amide bonds. The summed E-state index contributed by atoms with van der Waals surface area (Å²) in [6.07, 6.45) is 7.17. The minimum absolute atomic E-state index is 0.335. The monoisotopic (exact) mass is 275 g/mol. The van der Waals surface area contributed by atoms with Crippen LogP contribution in [0.1, 0.15) is 49.3 Å². The van der Waals surface area contributed by atoms with Crippen LogP contribution in [0.15, 0.2) is 18.2 Å². The fourth-order valence-corrected chi connectivity index (χ4v) is 3.90. The molecule has 110 valence electrons. The van der Waals surface area contributed by atoms with Gasteiger partial charge in [0.2, 0.25) is 0 Å². The van der Waals surface area contributed by atoms with Crippen molar-refractivity contribution in [2.24, 2.45) is 11.8 Å². The number of nitrogens with one attached hydrogen (secondary N) is 1. The Labute approximate surface area is 121 Å². The van der Waals surface area contributed by atoms with Crippen LogP contribution in [0.4, 0.5) is 0 Å². The lowest BCUT2D eigenvalue weighted by atomic mass is 9.79. The molecule has 20 heavy (non-hydrogen) atoms. The predicted octanol–water partition coefficient (Wildman–Crippen LogP) is 2.77. The quantitative estimate of drug-likeness (QED) is 0.792. The summed E-state index contributed by atoms with van der Waals surface area (Å²) in [7, 11) is 0.